The monoisotopic (exact) mass is 644 g/mol. The molecule has 6 rings (SSSR count). The Labute approximate surface area is 276 Å². The molecule has 0 spiro atoms. The Kier molecular flexibility index (Phi) is 10.4. The Morgan fingerprint density at radius 3 is 2.65 bits per heavy atom. The molecule has 3 aliphatic heterocycles. The molecule has 46 heavy (non-hydrogen) atoms. The Hall–Kier alpha value is -3.34. The number of fused-ring (bicyclic) bond motifs is 1. The molecule has 2 fully saturated rings. The zero-order valence-electron chi connectivity index (χ0n) is 27.3. The molecule has 246 valence electrons. The van der Waals surface area contributed by atoms with Gasteiger partial charge in [-0.25, -0.2) is 4.99 Å². The first-order valence-electron chi connectivity index (χ1n) is 17.0. The van der Waals surface area contributed by atoms with E-state index < -0.39 is 17.6 Å². The van der Waals surface area contributed by atoms with Crippen LogP contribution in [0.25, 0.3) is 10.1 Å². The van der Waals surface area contributed by atoms with E-state index in [4.69, 9.17) is 15.5 Å². The first-order chi connectivity index (χ1) is 22.3. The quantitative estimate of drug-likeness (QED) is 0.286. The average molecular weight is 645 g/mol. The van der Waals surface area contributed by atoms with Gasteiger partial charge in [0.15, 0.2) is 11.9 Å². The summed E-state index contributed by atoms with van der Waals surface area (Å²) in [6.07, 6.45) is 10.9. The fourth-order valence-electron chi connectivity index (χ4n) is 7.02. The number of aliphatic imine (C=N–C) groups is 1. The third-order valence-electron chi connectivity index (χ3n) is 9.65. The lowest BCUT2D eigenvalue weighted by Crippen LogP contribution is -2.62. The zero-order chi connectivity index (χ0) is 32.1. The topological polar surface area (TPSA) is 104 Å². The molecular weight excluding hydrogens is 597 g/mol. The minimum absolute atomic E-state index is 0.0448. The van der Waals surface area contributed by atoms with Gasteiger partial charge in [-0.1, -0.05) is 43.2 Å². The average Bonchev–Trinajstić information content (AvgIpc) is 3.65. The van der Waals surface area contributed by atoms with E-state index >= 15 is 0 Å². The molecule has 2 saturated heterocycles. The highest BCUT2D eigenvalue weighted by molar-refractivity contribution is 7.19. The van der Waals surface area contributed by atoms with Crippen LogP contribution < -0.4 is 5.73 Å². The van der Waals surface area contributed by atoms with Gasteiger partial charge in [-0.05, 0) is 83.3 Å². The van der Waals surface area contributed by atoms with Gasteiger partial charge in [-0.3, -0.25) is 14.6 Å². The Bertz CT molecular complexity index is 1490. The number of amidine groups is 1. The SMILES string of the molecule is CC1(C)N=C(N2CCN(C(=O)[C@H](N)CCCCN3CCCCC3)[C@H](C(=O)CCc3cc4cnccc4s3)C2)OC1c1ccccc1. The molecule has 1 unspecified atom stereocenters. The van der Waals surface area contributed by atoms with Crippen molar-refractivity contribution < 1.29 is 14.3 Å². The van der Waals surface area contributed by atoms with E-state index in [1.54, 1.807) is 22.4 Å². The van der Waals surface area contributed by atoms with Gasteiger partial charge in [0, 0.05) is 53.4 Å². The van der Waals surface area contributed by atoms with Crippen molar-refractivity contribution in [1.82, 2.24) is 19.7 Å². The van der Waals surface area contributed by atoms with Gasteiger partial charge >= 0.3 is 0 Å². The molecule has 2 aromatic heterocycles. The standard InChI is InChI=1S/C36H48N6O3S/c1-36(2)33(26-11-5-3-6-12-26)45-35(39-36)41-21-22-42(34(44)29(37)13-7-10-20-40-18-8-4-9-19-40)30(25-41)31(43)15-14-28-23-27-24-38-17-16-32(27)46-28/h3,5-6,11-12,16-17,23-24,29-30,33H,4,7-10,13-15,18-22,25,37H2,1-2H3/t29-,30+,33?/m1/s1. The van der Waals surface area contributed by atoms with Gasteiger partial charge in [-0.15, -0.1) is 11.3 Å². The van der Waals surface area contributed by atoms with Gasteiger partial charge < -0.3 is 25.2 Å². The number of thiophene rings is 1. The maximum Gasteiger partial charge on any atom is 0.288 e. The maximum absolute atomic E-state index is 14.0. The van der Waals surface area contributed by atoms with E-state index in [0.717, 1.165) is 39.9 Å². The van der Waals surface area contributed by atoms with Crippen LogP contribution in [-0.2, 0) is 20.7 Å². The number of carbonyl (C=O) groups excluding carboxylic acids is 2. The lowest BCUT2D eigenvalue weighted by atomic mass is 9.93. The Morgan fingerprint density at radius 1 is 1.07 bits per heavy atom. The van der Waals surface area contributed by atoms with Crippen molar-refractivity contribution in [2.75, 3.05) is 39.3 Å². The predicted molar refractivity (Wildman–Crippen MR) is 184 cm³/mol. The lowest BCUT2D eigenvalue weighted by molar-refractivity contribution is -0.143. The number of rotatable bonds is 11. The highest BCUT2D eigenvalue weighted by Crippen LogP contribution is 2.38. The number of likely N-dealkylation sites (tertiary alicyclic amines) is 1. The summed E-state index contributed by atoms with van der Waals surface area (Å²) in [5.74, 6) is -0.0796. The number of piperidine rings is 1. The number of ketones is 1. The van der Waals surface area contributed by atoms with Crippen LogP contribution in [0.3, 0.4) is 0 Å². The number of hydrogen-bond donors (Lipinski definition) is 1. The molecule has 3 aromatic rings. The molecule has 1 aromatic carbocycles. The lowest BCUT2D eigenvalue weighted by Gasteiger charge is -2.42. The molecule has 9 nitrogen and oxygen atoms in total. The van der Waals surface area contributed by atoms with Crippen molar-refractivity contribution >= 4 is 39.1 Å². The van der Waals surface area contributed by atoms with Crippen LogP contribution in [-0.4, -0.2) is 94.3 Å². The molecule has 1 amide bonds. The summed E-state index contributed by atoms with van der Waals surface area (Å²) in [5, 5.41) is 1.09. The van der Waals surface area contributed by atoms with Crippen LogP contribution >= 0.6 is 11.3 Å². The van der Waals surface area contributed by atoms with E-state index in [-0.39, 0.29) is 17.8 Å². The van der Waals surface area contributed by atoms with Crippen molar-refractivity contribution in [2.24, 2.45) is 10.7 Å². The van der Waals surface area contributed by atoms with E-state index in [2.05, 4.69) is 41.9 Å². The van der Waals surface area contributed by atoms with Crippen molar-refractivity contribution in [3.8, 4) is 0 Å². The first kappa shape index (κ1) is 32.6. The van der Waals surface area contributed by atoms with Gasteiger partial charge in [0.05, 0.1) is 6.04 Å². The third kappa shape index (κ3) is 7.61. The summed E-state index contributed by atoms with van der Waals surface area (Å²) in [5.41, 5.74) is 7.13. The predicted octanol–water partition coefficient (Wildman–Crippen LogP) is 5.20. The number of ether oxygens (including phenoxy) is 1. The number of hydrogen-bond acceptors (Lipinski definition) is 9. The number of piperazine rings is 1. The number of amides is 1. The Morgan fingerprint density at radius 2 is 1.87 bits per heavy atom. The van der Waals surface area contributed by atoms with Gasteiger partial charge in [-0.2, -0.15) is 0 Å². The van der Waals surface area contributed by atoms with Crippen molar-refractivity contribution in [3.63, 3.8) is 0 Å². The maximum atomic E-state index is 14.0. The number of unbranched alkanes of at least 4 members (excludes halogenated alkanes) is 1. The number of nitrogens with zero attached hydrogens (tertiary/aromatic N) is 5. The van der Waals surface area contributed by atoms with Crippen molar-refractivity contribution in [3.05, 3.63) is 65.3 Å². The molecule has 5 heterocycles. The molecule has 10 heteroatoms. The number of pyridine rings is 1. The van der Waals surface area contributed by atoms with E-state index in [9.17, 15) is 9.59 Å². The second-order valence-electron chi connectivity index (χ2n) is 13.5. The molecule has 0 bridgehead atoms. The number of carbonyl (C=O) groups is 2. The molecule has 3 aliphatic rings. The van der Waals surface area contributed by atoms with Crippen LogP contribution in [0.15, 0.2) is 59.9 Å². The largest absolute Gasteiger partial charge is 0.454 e. The van der Waals surface area contributed by atoms with Crippen molar-refractivity contribution in [2.45, 2.75) is 88.9 Å². The van der Waals surface area contributed by atoms with Crippen LogP contribution in [0.4, 0.5) is 0 Å². The fourth-order valence-corrected chi connectivity index (χ4v) is 8.05. The number of aromatic nitrogens is 1. The highest BCUT2D eigenvalue weighted by Gasteiger charge is 2.44. The van der Waals surface area contributed by atoms with E-state index in [1.165, 1.54) is 32.4 Å². The molecule has 3 atom stereocenters. The van der Waals surface area contributed by atoms with Gasteiger partial charge in [0.2, 0.25) is 5.91 Å². The summed E-state index contributed by atoms with van der Waals surface area (Å²) in [4.78, 5) is 44.5. The number of Topliss-reactive ketones (excluding diaryl/α,β-unsaturated/α-hetero) is 1. The fraction of sp³-hybridized carbons (Fsp3) is 0.556. The van der Waals surface area contributed by atoms with Gasteiger partial charge in [0.1, 0.15) is 11.6 Å². The van der Waals surface area contributed by atoms with Crippen LogP contribution in [0, 0.1) is 0 Å². The minimum Gasteiger partial charge on any atom is -0.454 e. The molecule has 0 aliphatic carbocycles. The van der Waals surface area contributed by atoms with Crippen LogP contribution in [0.1, 0.15) is 75.3 Å². The van der Waals surface area contributed by atoms with Gasteiger partial charge in [0.25, 0.3) is 6.02 Å². The smallest absolute Gasteiger partial charge is 0.288 e. The number of benzene rings is 1. The molecular formula is C36H48N6O3S. The summed E-state index contributed by atoms with van der Waals surface area (Å²) < 4.78 is 7.64. The normalized spacial score (nSPS) is 22.5. The van der Waals surface area contributed by atoms with E-state index in [0.29, 0.717) is 44.9 Å². The minimum atomic E-state index is -0.611. The number of aryl methyl sites for hydroxylation is 1. The third-order valence-corrected chi connectivity index (χ3v) is 10.8. The second-order valence-corrected chi connectivity index (χ2v) is 14.7. The van der Waals surface area contributed by atoms with Crippen LogP contribution in [0.2, 0.25) is 0 Å². The zero-order valence-corrected chi connectivity index (χ0v) is 28.1. The molecule has 0 radical (unpaired) electrons. The summed E-state index contributed by atoms with van der Waals surface area (Å²) in [6, 6.07) is 13.6. The summed E-state index contributed by atoms with van der Waals surface area (Å²) in [6.45, 7) is 8.86. The summed E-state index contributed by atoms with van der Waals surface area (Å²) in [7, 11) is 0. The molecule has 0 saturated carbocycles. The first-order valence-corrected chi connectivity index (χ1v) is 17.8. The summed E-state index contributed by atoms with van der Waals surface area (Å²) >= 11 is 1.69. The number of nitrogens with two attached hydrogens (primary N) is 1. The highest BCUT2D eigenvalue weighted by atomic mass is 32.1. The molecule has 2 N–H and O–H groups in total. The Balaban J connectivity index is 1.12. The second kappa shape index (κ2) is 14.6. The van der Waals surface area contributed by atoms with E-state index in [1.807, 2.05) is 35.4 Å². The van der Waals surface area contributed by atoms with Crippen molar-refractivity contribution in [1.29, 1.82) is 0 Å². The van der Waals surface area contributed by atoms with Crippen LogP contribution in [0.5, 0.6) is 0 Å².